The van der Waals surface area contributed by atoms with Crippen molar-refractivity contribution >= 4 is 11.8 Å². The van der Waals surface area contributed by atoms with Gasteiger partial charge in [-0.05, 0) is 19.8 Å². The third-order valence-electron chi connectivity index (χ3n) is 6.71. The minimum absolute atomic E-state index is 0.0914. The number of aliphatic hydroxyl groups excluding tert-OH is 1. The summed E-state index contributed by atoms with van der Waals surface area (Å²) in [6, 6.07) is 0. The maximum Gasteiger partial charge on any atom is 0.222 e. The molecule has 208 valence electrons. The van der Waals surface area contributed by atoms with Gasteiger partial charge in [-0.1, -0.05) is 124 Å². The van der Waals surface area contributed by atoms with Crippen molar-refractivity contribution < 1.29 is 14.7 Å². The lowest BCUT2D eigenvalue weighted by atomic mass is 10.1. The zero-order valence-electron chi connectivity index (χ0n) is 23.7. The first-order chi connectivity index (χ1) is 16.9. The van der Waals surface area contributed by atoms with Crippen LogP contribution in [0, 0.1) is 0 Å². The van der Waals surface area contributed by atoms with Crippen LogP contribution in [0.3, 0.4) is 0 Å². The lowest BCUT2D eigenvalue weighted by Crippen LogP contribution is -2.70. The van der Waals surface area contributed by atoms with Crippen LogP contribution in [0.25, 0.3) is 0 Å². The van der Waals surface area contributed by atoms with E-state index in [4.69, 9.17) is 0 Å². The van der Waals surface area contributed by atoms with E-state index in [1.54, 1.807) is 6.92 Å². The van der Waals surface area contributed by atoms with Gasteiger partial charge in [-0.25, -0.2) is 0 Å². The molecule has 0 radical (unpaired) electrons. The first-order valence-corrected chi connectivity index (χ1v) is 15.0. The molecule has 0 bridgehead atoms. The van der Waals surface area contributed by atoms with Crippen LogP contribution in [-0.2, 0) is 9.59 Å². The Morgan fingerprint density at radius 3 is 1.20 bits per heavy atom. The number of unbranched alkanes of at least 4 members (excludes halogenated alkanes) is 16. The molecule has 6 nitrogen and oxygen atoms in total. The Labute approximate surface area is 217 Å². The summed E-state index contributed by atoms with van der Waals surface area (Å²) in [5, 5.41) is 18.8. The monoisotopic (exact) mass is 497 g/mol. The molecule has 0 aromatic rings. The molecule has 35 heavy (non-hydrogen) atoms. The summed E-state index contributed by atoms with van der Waals surface area (Å²) in [5.41, 5.74) is 0. The Bertz CT molecular complexity index is 475. The molecule has 1 atom stereocenters. The molecule has 0 saturated carbocycles. The number of amides is 2. The minimum Gasteiger partial charge on any atom is -0.379 e. The van der Waals surface area contributed by atoms with E-state index in [2.05, 4.69) is 29.8 Å². The van der Waals surface area contributed by atoms with Crippen molar-refractivity contribution in [3.8, 4) is 0 Å². The van der Waals surface area contributed by atoms with Gasteiger partial charge in [-0.3, -0.25) is 14.9 Å². The van der Waals surface area contributed by atoms with Crippen molar-refractivity contribution in [1.29, 1.82) is 0 Å². The summed E-state index contributed by atoms with van der Waals surface area (Å²) in [6.45, 7) is 7.97. The highest BCUT2D eigenvalue weighted by atomic mass is 16.3. The Kier molecular flexibility index (Phi) is 22.5. The molecule has 0 rings (SSSR count). The van der Waals surface area contributed by atoms with Crippen molar-refractivity contribution in [2.24, 2.45) is 0 Å². The second-order valence-electron chi connectivity index (χ2n) is 10.3. The highest BCUT2D eigenvalue weighted by Crippen LogP contribution is 2.13. The maximum atomic E-state index is 12.6. The van der Waals surface area contributed by atoms with E-state index in [1.165, 1.54) is 89.9 Å². The second kappa shape index (κ2) is 23.3. The fraction of sp³-hybridized carbons (Fsp3) is 0.931. The van der Waals surface area contributed by atoms with Crippen LogP contribution < -0.4 is 16.0 Å². The van der Waals surface area contributed by atoms with Crippen molar-refractivity contribution in [1.82, 2.24) is 16.0 Å². The molecule has 0 aliphatic carbocycles. The standard InChI is InChI=1S/C29H59N3O3/c1-5-8-10-12-14-16-18-20-22-24-27(34)31-29(7-3,30-26(4)33)32-28(35)25-23-21-19-17-15-13-11-9-6-2/h26,30,33H,5-25H2,1-4H3,(H,31,34)(H,32,35). The predicted molar refractivity (Wildman–Crippen MR) is 148 cm³/mol. The zero-order chi connectivity index (χ0) is 26.2. The Hall–Kier alpha value is -1.14. The Morgan fingerprint density at radius 2 is 0.914 bits per heavy atom. The van der Waals surface area contributed by atoms with Crippen molar-refractivity contribution in [3.63, 3.8) is 0 Å². The van der Waals surface area contributed by atoms with E-state index in [1.807, 2.05) is 6.92 Å². The van der Waals surface area contributed by atoms with Crippen molar-refractivity contribution in [2.45, 2.75) is 175 Å². The lowest BCUT2D eigenvalue weighted by Gasteiger charge is -2.37. The second-order valence-corrected chi connectivity index (χ2v) is 10.3. The molecule has 0 aliphatic heterocycles. The number of carbonyl (C=O) groups is 2. The average Bonchev–Trinajstić information content (AvgIpc) is 2.81. The summed E-state index contributed by atoms with van der Waals surface area (Å²) >= 11 is 0. The van der Waals surface area contributed by atoms with Crippen LogP contribution >= 0.6 is 0 Å². The van der Waals surface area contributed by atoms with E-state index in [9.17, 15) is 14.7 Å². The summed E-state index contributed by atoms with van der Waals surface area (Å²) < 4.78 is 0. The molecule has 6 heteroatoms. The van der Waals surface area contributed by atoms with E-state index >= 15 is 0 Å². The molecular formula is C29H59N3O3. The third kappa shape index (κ3) is 20.7. The third-order valence-corrected chi connectivity index (χ3v) is 6.71. The summed E-state index contributed by atoms with van der Waals surface area (Å²) in [4.78, 5) is 25.3. The number of hydrogen-bond acceptors (Lipinski definition) is 4. The largest absolute Gasteiger partial charge is 0.379 e. The van der Waals surface area contributed by atoms with Crippen LogP contribution in [0.4, 0.5) is 0 Å². The molecule has 0 heterocycles. The SMILES string of the molecule is CCCCCCCCCCCC(=O)NC(CC)(NC(=O)CCCCCCCCCCC)NC(C)O. The van der Waals surface area contributed by atoms with Gasteiger partial charge in [-0.2, -0.15) is 0 Å². The Morgan fingerprint density at radius 1 is 0.600 bits per heavy atom. The van der Waals surface area contributed by atoms with Crippen molar-refractivity contribution in [3.05, 3.63) is 0 Å². The van der Waals surface area contributed by atoms with Crippen molar-refractivity contribution in [2.75, 3.05) is 0 Å². The van der Waals surface area contributed by atoms with E-state index in [-0.39, 0.29) is 11.8 Å². The topological polar surface area (TPSA) is 90.5 Å². The first-order valence-electron chi connectivity index (χ1n) is 15.0. The molecule has 2 amide bonds. The smallest absolute Gasteiger partial charge is 0.222 e. The number of carbonyl (C=O) groups excluding carboxylic acids is 2. The van der Waals surface area contributed by atoms with Gasteiger partial charge in [0.15, 0.2) is 5.79 Å². The molecule has 0 saturated heterocycles. The molecule has 0 aliphatic rings. The van der Waals surface area contributed by atoms with Gasteiger partial charge < -0.3 is 15.7 Å². The van der Waals surface area contributed by atoms with E-state index in [0.29, 0.717) is 19.3 Å². The van der Waals surface area contributed by atoms with E-state index in [0.717, 1.165) is 25.7 Å². The molecule has 1 unspecified atom stereocenters. The number of aliphatic hydroxyl groups is 1. The predicted octanol–water partition coefficient (Wildman–Crippen LogP) is 7.05. The highest BCUT2D eigenvalue weighted by Gasteiger charge is 2.32. The molecule has 0 aromatic carbocycles. The molecular weight excluding hydrogens is 438 g/mol. The fourth-order valence-electron chi connectivity index (χ4n) is 4.53. The van der Waals surface area contributed by atoms with Gasteiger partial charge in [-0.15, -0.1) is 0 Å². The number of rotatable bonds is 25. The molecule has 0 spiro atoms. The number of nitrogens with one attached hydrogen (secondary N) is 3. The maximum absolute atomic E-state index is 12.6. The quantitative estimate of drug-likeness (QED) is 0.0803. The summed E-state index contributed by atoms with van der Waals surface area (Å²) in [7, 11) is 0. The molecule has 0 fully saturated rings. The molecule has 4 N–H and O–H groups in total. The zero-order valence-corrected chi connectivity index (χ0v) is 23.7. The van der Waals surface area contributed by atoms with Crippen LogP contribution in [-0.4, -0.2) is 28.9 Å². The summed E-state index contributed by atoms with van der Waals surface area (Å²) in [6.07, 6.45) is 22.2. The summed E-state index contributed by atoms with van der Waals surface area (Å²) in [5.74, 6) is -1.29. The van der Waals surface area contributed by atoms with Crippen LogP contribution in [0.5, 0.6) is 0 Å². The van der Waals surface area contributed by atoms with Gasteiger partial charge in [0.25, 0.3) is 0 Å². The van der Waals surface area contributed by atoms with Gasteiger partial charge >= 0.3 is 0 Å². The average molecular weight is 498 g/mol. The van der Waals surface area contributed by atoms with Crippen LogP contribution in [0.15, 0.2) is 0 Å². The van der Waals surface area contributed by atoms with Gasteiger partial charge in [0.05, 0.1) is 0 Å². The lowest BCUT2D eigenvalue weighted by molar-refractivity contribution is -0.129. The van der Waals surface area contributed by atoms with Gasteiger partial charge in [0, 0.05) is 19.3 Å². The highest BCUT2D eigenvalue weighted by molar-refractivity contribution is 5.80. The Balaban J connectivity index is 4.27. The van der Waals surface area contributed by atoms with E-state index < -0.39 is 12.0 Å². The fourth-order valence-corrected chi connectivity index (χ4v) is 4.53. The normalized spacial score (nSPS) is 12.5. The minimum atomic E-state index is -1.11. The molecule has 0 aromatic heterocycles. The number of hydrogen-bond donors (Lipinski definition) is 4. The van der Waals surface area contributed by atoms with Crippen LogP contribution in [0.2, 0.25) is 0 Å². The van der Waals surface area contributed by atoms with Crippen LogP contribution in [0.1, 0.15) is 163 Å². The van der Waals surface area contributed by atoms with Gasteiger partial charge in [0.1, 0.15) is 6.23 Å². The first kappa shape index (κ1) is 33.9. The van der Waals surface area contributed by atoms with Gasteiger partial charge in [0.2, 0.25) is 11.8 Å².